The van der Waals surface area contributed by atoms with Crippen molar-refractivity contribution in [2.45, 2.75) is 36.6 Å². The second-order valence-electron chi connectivity index (χ2n) is 6.49. The predicted molar refractivity (Wildman–Crippen MR) is 101 cm³/mol. The maximum atomic E-state index is 12.2. The van der Waals surface area contributed by atoms with Gasteiger partial charge in [-0.1, -0.05) is 30.0 Å². The first kappa shape index (κ1) is 17.8. The van der Waals surface area contributed by atoms with Gasteiger partial charge < -0.3 is 9.80 Å². The minimum Gasteiger partial charge on any atom is -0.348 e. The summed E-state index contributed by atoms with van der Waals surface area (Å²) >= 11 is 1.46. The average molecular weight is 359 g/mol. The molecule has 1 aromatic carbocycles. The molecule has 0 radical (unpaired) electrons. The molecule has 1 aromatic heterocycles. The van der Waals surface area contributed by atoms with Crippen LogP contribution in [0.15, 0.2) is 35.5 Å². The third kappa shape index (κ3) is 3.98. The minimum absolute atomic E-state index is 0.0761. The lowest BCUT2D eigenvalue weighted by Gasteiger charge is -2.28. The molecule has 0 saturated carbocycles. The molecule has 0 N–H and O–H groups in total. The van der Waals surface area contributed by atoms with Crippen LogP contribution < -0.4 is 4.90 Å². The van der Waals surface area contributed by atoms with Gasteiger partial charge >= 0.3 is 0 Å². The fraction of sp³-hybridized carbons (Fsp3) is 0.500. The van der Waals surface area contributed by atoms with Gasteiger partial charge in [-0.15, -0.1) is 10.2 Å². The van der Waals surface area contributed by atoms with Crippen molar-refractivity contribution in [2.75, 3.05) is 32.1 Å². The lowest BCUT2D eigenvalue weighted by atomic mass is 10.1. The minimum atomic E-state index is -0.212. The van der Waals surface area contributed by atoms with Gasteiger partial charge in [-0.25, -0.2) is 0 Å². The monoisotopic (exact) mass is 359 g/mol. The van der Waals surface area contributed by atoms with Gasteiger partial charge in [0.2, 0.25) is 11.9 Å². The summed E-state index contributed by atoms with van der Waals surface area (Å²) in [6.07, 6.45) is 3.63. The highest BCUT2D eigenvalue weighted by molar-refractivity contribution is 8.00. The molecule has 1 aliphatic heterocycles. The number of piperidine rings is 1. The van der Waals surface area contributed by atoms with Crippen LogP contribution in [0.4, 0.5) is 5.95 Å². The first-order chi connectivity index (χ1) is 12.1. The fourth-order valence-electron chi connectivity index (χ4n) is 3.01. The summed E-state index contributed by atoms with van der Waals surface area (Å²) in [7, 11) is 3.56. The summed E-state index contributed by atoms with van der Waals surface area (Å²) in [5, 5.41) is 9.43. The number of anilines is 1. The summed E-state index contributed by atoms with van der Waals surface area (Å²) in [4.78, 5) is 16.2. The summed E-state index contributed by atoms with van der Waals surface area (Å²) in [6.45, 7) is 3.92. The molecule has 0 bridgehead atoms. The van der Waals surface area contributed by atoms with Gasteiger partial charge in [-0.05, 0) is 38.3 Å². The number of hydrogen-bond donors (Lipinski definition) is 0. The second kappa shape index (κ2) is 7.91. The van der Waals surface area contributed by atoms with Gasteiger partial charge in [0.1, 0.15) is 0 Å². The summed E-state index contributed by atoms with van der Waals surface area (Å²) in [5.41, 5.74) is 1.03. The average Bonchev–Trinajstić information content (AvgIpc) is 3.05. The van der Waals surface area contributed by atoms with Gasteiger partial charge in [0.05, 0.1) is 10.9 Å². The number of nitrogens with zero attached hydrogens (tertiary/aromatic N) is 5. The lowest BCUT2D eigenvalue weighted by Crippen LogP contribution is -2.32. The van der Waals surface area contributed by atoms with E-state index in [0.29, 0.717) is 0 Å². The number of benzene rings is 1. The lowest BCUT2D eigenvalue weighted by molar-refractivity contribution is -0.127. The highest BCUT2D eigenvalue weighted by Crippen LogP contribution is 2.30. The molecular formula is C18H25N5OS. The van der Waals surface area contributed by atoms with Crippen molar-refractivity contribution in [3.63, 3.8) is 0 Å². The molecule has 0 unspecified atom stereocenters. The Hall–Kier alpha value is -2.02. The third-order valence-corrected chi connectivity index (χ3v) is 5.37. The molecular weight excluding hydrogens is 334 g/mol. The van der Waals surface area contributed by atoms with Gasteiger partial charge in [0, 0.05) is 27.2 Å². The van der Waals surface area contributed by atoms with E-state index in [9.17, 15) is 4.79 Å². The zero-order valence-corrected chi connectivity index (χ0v) is 15.9. The van der Waals surface area contributed by atoms with E-state index in [1.165, 1.54) is 31.0 Å². The molecule has 25 heavy (non-hydrogen) atoms. The van der Waals surface area contributed by atoms with Crippen LogP contribution in [-0.4, -0.2) is 58.0 Å². The van der Waals surface area contributed by atoms with E-state index in [2.05, 4.69) is 31.8 Å². The second-order valence-corrected chi connectivity index (χ2v) is 7.80. The van der Waals surface area contributed by atoms with Crippen molar-refractivity contribution in [3.05, 3.63) is 30.3 Å². The number of thioether (sulfide) groups is 1. The molecule has 7 heteroatoms. The van der Waals surface area contributed by atoms with Gasteiger partial charge in [0.25, 0.3) is 0 Å². The van der Waals surface area contributed by atoms with E-state index >= 15 is 0 Å². The molecule has 6 nitrogen and oxygen atoms in total. The van der Waals surface area contributed by atoms with E-state index in [1.807, 2.05) is 25.1 Å². The number of para-hydroxylation sites is 1. The van der Waals surface area contributed by atoms with Crippen molar-refractivity contribution in [2.24, 2.45) is 0 Å². The molecule has 1 amide bonds. The molecule has 2 aromatic rings. The predicted octanol–water partition coefficient (Wildman–Crippen LogP) is 2.83. The first-order valence-corrected chi connectivity index (χ1v) is 9.59. The van der Waals surface area contributed by atoms with Crippen molar-refractivity contribution in [1.29, 1.82) is 0 Å². The molecule has 0 aliphatic carbocycles. The Labute approximate surface area is 153 Å². The van der Waals surface area contributed by atoms with E-state index in [1.54, 1.807) is 19.0 Å². The van der Waals surface area contributed by atoms with Crippen LogP contribution in [0.5, 0.6) is 0 Å². The highest BCUT2D eigenvalue weighted by Gasteiger charge is 2.25. The van der Waals surface area contributed by atoms with Crippen molar-refractivity contribution >= 4 is 23.6 Å². The standard InChI is InChI=1S/C18H25N5OS/c1-14(16(24)21(2)3)25-18-20-19-17(22-12-8-5-9-13-22)23(18)15-10-6-4-7-11-15/h4,6-7,10-11,14H,5,8-9,12-13H2,1-3H3/t14-/m0/s1. The van der Waals surface area contributed by atoms with Crippen molar-refractivity contribution in [1.82, 2.24) is 19.7 Å². The number of carbonyl (C=O) groups is 1. The Morgan fingerprint density at radius 3 is 2.44 bits per heavy atom. The number of rotatable bonds is 5. The number of amides is 1. The van der Waals surface area contributed by atoms with Gasteiger partial charge in [-0.3, -0.25) is 9.36 Å². The van der Waals surface area contributed by atoms with Crippen molar-refractivity contribution < 1.29 is 4.79 Å². The Bertz CT molecular complexity index is 710. The van der Waals surface area contributed by atoms with E-state index in [0.717, 1.165) is 29.9 Å². The summed E-state index contributed by atoms with van der Waals surface area (Å²) < 4.78 is 2.08. The Balaban J connectivity index is 1.95. The number of carbonyl (C=O) groups excluding carboxylic acids is 1. The van der Waals surface area contributed by atoms with E-state index < -0.39 is 0 Å². The Morgan fingerprint density at radius 2 is 1.80 bits per heavy atom. The van der Waals surface area contributed by atoms with Gasteiger partial charge in [0.15, 0.2) is 5.16 Å². The third-order valence-electron chi connectivity index (χ3n) is 4.34. The molecule has 1 fully saturated rings. The van der Waals surface area contributed by atoms with Crippen LogP contribution in [0.1, 0.15) is 26.2 Å². The van der Waals surface area contributed by atoms with Crippen LogP contribution >= 0.6 is 11.8 Å². The van der Waals surface area contributed by atoms with Crippen LogP contribution in [0, 0.1) is 0 Å². The molecule has 134 valence electrons. The summed E-state index contributed by atoms with van der Waals surface area (Å²) in [6, 6.07) is 10.1. The molecule has 0 spiro atoms. The molecule has 1 saturated heterocycles. The first-order valence-electron chi connectivity index (χ1n) is 8.71. The molecule has 1 atom stereocenters. The topological polar surface area (TPSA) is 54.3 Å². The number of aromatic nitrogens is 3. The largest absolute Gasteiger partial charge is 0.348 e. The van der Waals surface area contributed by atoms with Crippen molar-refractivity contribution in [3.8, 4) is 5.69 Å². The zero-order valence-electron chi connectivity index (χ0n) is 15.1. The summed E-state index contributed by atoms with van der Waals surface area (Å²) in [5.74, 6) is 0.949. The molecule has 1 aliphatic rings. The quantitative estimate of drug-likeness (QED) is 0.769. The smallest absolute Gasteiger partial charge is 0.235 e. The maximum Gasteiger partial charge on any atom is 0.235 e. The van der Waals surface area contributed by atoms with Crippen LogP contribution in [0.25, 0.3) is 5.69 Å². The maximum absolute atomic E-state index is 12.2. The van der Waals surface area contributed by atoms with E-state index in [4.69, 9.17) is 0 Å². The Morgan fingerprint density at radius 1 is 1.12 bits per heavy atom. The zero-order chi connectivity index (χ0) is 17.8. The van der Waals surface area contributed by atoms with Crippen LogP contribution in [0.2, 0.25) is 0 Å². The SMILES string of the molecule is C[C@H](Sc1nnc(N2CCCCC2)n1-c1ccccc1)C(=O)N(C)C. The van der Waals surface area contributed by atoms with Crippen LogP contribution in [-0.2, 0) is 4.79 Å². The fourth-order valence-corrected chi connectivity index (χ4v) is 4.02. The molecule has 2 heterocycles. The van der Waals surface area contributed by atoms with Crippen LogP contribution in [0.3, 0.4) is 0 Å². The normalized spacial score (nSPS) is 15.9. The number of hydrogen-bond acceptors (Lipinski definition) is 5. The highest BCUT2D eigenvalue weighted by atomic mass is 32.2. The molecule has 3 rings (SSSR count). The van der Waals surface area contributed by atoms with Gasteiger partial charge in [-0.2, -0.15) is 0 Å². The Kier molecular flexibility index (Phi) is 5.63. The van der Waals surface area contributed by atoms with E-state index in [-0.39, 0.29) is 11.2 Å².